The Bertz CT molecular complexity index is 1210. The Kier molecular flexibility index (Phi) is 3.88. The number of nitrogens with one attached hydrogen (secondary N) is 1. The maximum atomic E-state index is 13.4. The Morgan fingerprint density at radius 3 is 2.68 bits per heavy atom. The summed E-state index contributed by atoms with van der Waals surface area (Å²) in [4.78, 5) is 17.1. The normalized spacial score (nSPS) is 20.8. The predicted molar refractivity (Wildman–Crippen MR) is 106 cm³/mol. The molecule has 0 amide bonds. The zero-order valence-electron chi connectivity index (χ0n) is 14.8. The molecule has 1 heterocycles. The molecule has 1 N–H and O–H groups in total. The lowest BCUT2D eigenvalue weighted by molar-refractivity contribution is 0.472. The van der Waals surface area contributed by atoms with E-state index in [0.717, 1.165) is 18.4 Å². The number of anilines is 1. The topological polar surface area (TPSA) is 70.7 Å². The molecule has 0 bridgehead atoms. The number of aromatic nitrogens is 2. The third kappa shape index (κ3) is 2.83. The fraction of sp³-hybridized carbons (Fsp3) is 0.286. The van der Waals surface area contributed by atoms with E-state index in [1.165, 1.54) is 4.57 Å². The first-order valence-electron chi connectivity index (χ1n) is 9.23. The van der Waals surface area contributed by atoms with Gasteiger partial charge in [-0.25, -0.2) is 9.18 Å². The van der Waals surface area contributed by atoms with E-state index >= 15 is 0 Å². The molecule has 2 aliphatic carbocycles. The van der Waals surface area contributed by atoms with Crippen LogP contribution in [0.25, 0.3) is 16.6 Å². The lowest BCUT2D eigenvalue weighted by Crippen LogP contribution is -2.24. The van der Waals surface area contributed by atoms with Gasteiger partial charge in [-0.2, -0.15) is 10.2 Å². The van der Waals surface area contributed by atoms with Gasteiger partial charge in [0, 0.05) is 11.8 Å². The van der Waals surface area contributed by atoms with Crippen molar-refractivity contribution in [2.24, 2.45) is 0 Å². The highest BCUT2D eigenvalue weighted by Gasteiger charge is 2.38. The second-order valence-electron chi connectivity index (χ2n) is 7.38. The van der Waals surface area contributed by atoms with Crippen LogP contribution in [-0.4, -0.2) is 21.8 Å². The Morgan fingerprint density at radius 1 is 1.29 bits per heavy atom. The van der Waals surface area contributed by atoms with E-state index in [-0.39, 0.29) is 6.04 Å². The molecule has 0 saturated heterocycles. The van der Waals surface area contributed by atoms with Gasteiger partial charge in [-0.05, 0) is 48.6 Å². The number of hydrogen-bond donors (Lipinski definition) is 1. The Balaban J connectivity index is 1.82. The molecular weight excluding hydrogens is 379 g/mol. The summed E-state index contributed by atoms with van der Waals surface area (Å²) in [6.07, 6.45) is 1.50. The predicted octanol–water partition coefficient (Wildman–Crippen LogP) is 4.31. The average Bonchev–Trinajstić information content (AvgIpc) is 3.60. The molecule has 0 unspecified atom stereocenters. The van der Waals surface area contributed by atoms with Crippen molar-refractivity contribution < 1.29 is 4.39 Å². The van der Waals surface area contributed by atoms with Crippen LogP contribution in [-0.2, 0) is 0 Å². The van der Waals surface area contributed by atoms with Gasteiger partial charge < -0.3 is 5.32 Å². The maximum absolute atomic E-state index is 13.4. The van der Waals surface area contributed by atoms with Gasteiger partial charge in [0.2, 0.25) is 0 Å². The number of halogens is 2. The number of hydrogen-bond acceptors (Lipinski definition) is 4. The number of alkyl halides is 1. The molecule has 7 heteroatoms. The average molecular weight is 395 g/mol. The van der Waals surface area contributed by atoms with Gasteiger partial charge >= 0.3 is 5.69 Å². The van der Waals surface area contributed by atoms with Crippen molar-refractivity contribution in [2.75, 3.05) is 5.32 Å². The third-order valence-corrected chi connectivity index (χ3v) is 5.65. The number of rotatable bonds is 4. The zero-order chi connectivity index (χ0) is 19.4. The largest absolute Gasteiger partial charge is 0.364 e. The minimum atomic E-state index is -0.941. The molecule has 2 aromatic carbocycles. The monoisotopic (exact) mass is 394 g/mol. The molecular formula is C21H16ClFN4O. The fourth-order valence-corrected chi connectivity index (χ4v) is 3.80. The van der Waals surface area contributed by atoms with Crippen molar-refractivity contribution in [3.63, 3.8) is 0 Å². The standard InChI is InChI=1S/C21H16ClFN4O/c22-15-3-1-2-4-18(15)27-19-8-13(11-5-6-11)12(10-24)7-14(19)20(26-21(27)28)25-17-9-16(17)23/h1-4,7-8,11,16-17H,5-6,9H2,(H,25,26,28)/t16-,17+/m1/s1. The number of para-hydroxylation sites is 1. The highest BCUT2D eigenvalue weighted by Crippen LogP contribution is 2.43. The summed E-state index contributed by atoms with van der Waals surface area (Å²) in [7, 11) is 0. The number of nitriles is 1. The molecule has 1 aromatic heterocycles. The molecule has 2 aliphatic rings. The van der Waals surface area contributed by atoms with E-state index in [9.17, 15) is 14.4 Å². The van der Waals surface area contributed by atoms with Crippen LogP contribution in [0, 0.1) is 11.3 Å². The van der Waals surface area contributed by atoms with Crippen molar-refractivity contribution in [3.8, 4) is 11.8 Å². The van der Waals surface area contributed by atoms with E-state index in [2.05, 4.69) is 16.4 Å². The molecule has 5 nitrogen and oxygen atoms in total. The molecule has 0 aliphatic heterocycles. The zero-order valence-corrected chi connectivity index (χ0v) is 15.6. The summed E-state index contributed by atoms with van der Waals surface area (Å²) < 4.78 is 14.9. The smallest absolute Gasteiger partial charge is 0.354 e. The van der Waals surface area contributed by atoms with Crippen LogP contribution in [0.4, 0.5) is 10.2 Å². The quantitative estimate of drug-likeness (QED) is 0.715. The second-order valence-corrected chi connectivity index (χ2v) is 7.78. The van der Waals surface area contributed by atoms with Crippen molar-refractivity contribution in [3.05, 3.63) is 63.0 Å². The number of benzene rings is 2. The summed E-state index contributed by atoms with van der Waals surface area (Å²) in [5.41, 5.74) is 2.15. The molecule has 28 heavy (non-hydrogen) atoms. The van der Waals surface area contributed by atoms with E-state index in [4.69, 9.17) is 11.6 Å². The highest BCUT2D eigenvalue weighted by atomic mass is 35.5. The van der Waals surface area contributed by atoms with Gasteiger partial charge in [-0.15, -0.1) is 0 Å². The molecule has 3 aromatic rings. The van der Waals surface area contributed by atoms with Crippen LogP contribution in [0.3, 0.4) is 0 Å². The Labute approximate surface area is 165 Å². The molecule has 0 spiro atoms. The maximum Gasteiger partial charge on any atom is 0.354 e. The van der Waals surface area contributed by atoms with Crippen LogP contribution in [0.1, 0.15) is 36.3 Å². The number of nitrogens with zero attached hydrogens (tertiary/aromatic N) is 3. The second kappa shape index (κ2) is 6.32. The van der Waals surface area contributed by atoms with E-state index in [1.807, 2.05) is 6.07 Å². The van der Waals surface area contributed by atoms with Crippen molar-refractivity contribution in [1.82, 2.24) is 9.55 Å². The third-order valence-electron chi connectivity index (χ3n) is 5.33. The van der Waals surface area contributed by atoms with Gasteiger partial charge in [-0.1, -0.05) is 23.7 Å². The molecule has 140 valence electrons. The van der Waals surface area contributed by atoms with E-state index < -0.39 is 11.9 Å². The van der Waals surface area contributed by atoms with Gasteiger partial charge in [-0.3, -0.25) is 4.57 Å². The first-order valence-corrected chi connectivity index (χ1v) is 9.61. The molecule has 5 rings (SSSR count). The van der Waals surface area contributed by atoms with Gasteiger partial charge in [0.15, 0.2) is 0 Å². The summed E-state index contributed by atoms with van der Waals surface area (Å²) in [5.74, 6) is 0.643. The summed E-state index contributed by atoms with van der Waals surface area (Å²) >= 11 is 6.35. The van der Waals surface area contributed by atoms with Crippen LogP contribution in [0.5, 0.6) is 0 Å². The van der Waals surface area contributed by atoms with Crippen LogP contribution in [0.2, 0.25) is 5.02 Å². The lowest BCUT2D eigenvalue weighted by Gasteiger charge is -2.16. The van der Waals surface area contributed by atoms with E-state index in [0.29, 0.717) is 45.3 Å². The Hall–Kier alpha value is -2.91. The molecule has 2 atom stereocenters. The van der Waals surface area contributed by atoms with Crippen LogP contribution < -0.4 is 11.0 Å². The summed E-state index contributed by atoms with van der Waals surface area (Å²) in [6.45, 7) is 0. The molecule has 0 radical (unpaired) electrons. The first-order chi connectivity index (χ1) is 13.6. The van der Waals surface area contributed by atoms with Crippen molar-refractivity contribution in [1.29, 1.82) is 5.26 Å². The van der Waals surface area contributed by atoms with Crippen molar-refractivity contribution in [2.45, 2.75) is 37.4 Å². The van der Waals surface area contributed by atoms with Gasteiger partial charge in [0.1, 0.15) is 12.0 Å². The van der Waals surface area contributed by atoms with Gasteiger partial charge in [0.25, 0.3) is 0 Å². The number of fused-ring (bicyclic) bond motifs is 1. The SMILES string of the molecule is N#Cc1cc2c(N[C@H]3C[C@H]3F)nc(=O)n(-c3ccccc3Cl)c2cc1C1CC1. The molecule has 2 fully saturated rings. The first kappa shape index (κ1) is 17.2. The summed E-state index contributed by atoms with van der Waals surface area (Å²) in [5, 5.41) is 13.7. The molecule has 2 saturated carbocycles. The van der Waals surface area contributed by atoms with Crippen molar-refractivity contribution >= 4 is 28.3 Å². The highest BCUT2D eigenvalue weighted by molar-refractivity contribution is 6.32. The van der Waals surface area contributed by atoms with Gasteiger partial charge in [0.05, 0.1) is 33.9 Å². The Morgan fingerprint density at radius 2 is 2.04 bits per heavy atom. The van der Waals surface area contributed by atoms with E-state index in [1.54, 1.807) is 30.3 Å². The minimum absolute atomic E-state index is 0.312. The minimum Gasteiger partial charge on any atom is -0.364 e. The van der Waals surface area contributed by atoms with Crippen LogP contribution >= 0.6 is 11.6 Å². The van der Waals surface area contributed by atoms with Crippen LogP contribution in [0.15, 0.2) is 41.2 Å². The summed E-state index contributed by atoms with van der Waals surface area (Å²) in [6, 6.07) is 12.6. The lowest BCUT2D eigenvalue weighted by atomic mass is 10.0. The fourth-order valence-electron chi connectivity index (χ4n) is 3.58.